The van der Waals surface area contributed by atoms with E-state index in [0.717, 1.165) is 38.3 Å². The third kappa shape index (κ3) is 3.33. The molecule has 30 heavy (non-hydrogen) atoms. The Morgan fingerprint density at radius 1 is 0.567 bits per heavy atom. The van der Waals surface area contributed by atoms with Gasteiger partial charge in [-0.05, 0) is 49.2 Å². The molecule has 0 aromatic carbocycles. The third-order valence-corrected chi connectivity index (χ3v) is 9.62. The minimum Gasteiger partial charge on any atom is -0.192 e. The van der Waals surface area contributed by atoms with Crippen molar-refractivity contribution >= 4 is 65.9 Å². The molecule has 4 nitrogen and oxygen atoms in total. The van der Waals surface area contributed by atoms with Crippen LogP contribution >= 0.6 is 45.3 Å². The molecule has 4 aromatic heterocycles. The number of thiophene rings is 4. The number of nitrogens with zero attached hydrogens (tertiary/aromatic N) is 4. The van der Waals surface area contributed by atoms with E-state index in [2.05, 4.69) is 12.1 Å². The zero-order valence-electron chi connectivity index (χ0n) is 15.7. The number of aryl methyl sites for hydroxylation is 2. The summed E-state index contributed by atoms with van der Waals surface area (Å²) in [5, 5.41) is 36.6. The van der Waals surface area contributed by atoms with Gasteiger partial charge in [-0.3, -0.25) is 0 Å². The molecular formula is C22H10N4S4. The predicted molar refractivity (Wildman–Crippen MR) is 122 cm³/mol. The van der Waals surface area contributed by atoms with E-state index < -0.39 is 0 Å². The molecule has 4 aromatic rings. The van der Waals surface area contributed by atoms with E-state index in [-0.39, 0.29) is 11.1 Å². The van der Waals surface area contributed by atoms with Gasteiger partial charge in [0.05, 0.1) is 9.06 Å². The zero-order chi connectivity index (χ0) is 21.4. The molecule has 0 radical (unpaired) electrons. The van der Waals surface area contributed by atoms with Gasteiger partial charge < -0.3 is 0 Å². The molecular weight excluding hydrogens is 449 g/mol. The minimum absolute atomic E-state index is 0.152. The predicted octanol–water partition coefficient (Wildman–Crippen LogP) is 4.67. The van der Waals surface area contributed by atoms with Crippen molar-refractivity contribution < 1.29 is 0 Å². The van der Waals surface area contributed by atoms with Crippen molar-refractivity contribution in [2.75, 3.05) is 0 Å². The van der Waals surface area contributed by atoms with Crippen LogP contribution in [-0.4, -0.2) is 0 Å². The minimum atomic E-state index is 0.152. The van der Waals surface area contributed by atoms with Crippen LogP contribution in [0.15, 0.2) is 24.3 Å². The number of fused-ring (bicyclic) bond motifs is 1. The largest absolute Gasteiger partial charge is 0.192 e. The Bertz CT molecular complexity index is 1620. The molecule has 0 atom stereocenters. The van der Waals surface area contributed by atoms with Crippen LogP contribution in [0, 0.1) is 77.3 Å². The fourth-order valence-corrected chi connectivity index (χ4v) is 7.81. The van der Waals surface area contributed by atoms with Gasteiger partial charge >= 0.3 is 0 Å². The lowest BCUT2D eigenvalue weighted by molar-refractivity contribution is 1.47. The summed E-state index contributed by atoms with van der Waals surface area (Å²) < 4.78 is 8.13. The first-order chi connectivity index (χ1) is 14.5. The highest BCUT2D eigenvalue weighted by Crippen LogP contribution is 2.30. The van der Waals surface area contributed by atoms with Crippen molar-refractivity contribution in [2.24, 2.45) is 0 Å². The van der Waals surface area contributed by atoms with Crippen molar-refractivity contribution in [1.82, 2.24) is 0 Å². The summed E-state index contributed by atoms with van der Waals surface area (Å²) in [6.07, 6.45) is 0. The summed E-state index contributed by atoms with van der Waals surface area (Å²) in [6.45, 7) is 3.84. The number of hydrogen-bond donors (Lipinski definition) is 0. The smallest absolute Gasteiger partial charge is 0.147 e. The molecule has 0 saturated heterocycles. The second kappa shape index (κ2) is 7.88. The van der Waals surface area contributed by atoms with Crippen LogP contribution in [0.4, 0.5) is 0 Å². The lowest BCUT2D eigenvalue weighted by Crippen LogP contribution is -2.00. The van der Waals surface area contributed by atoms with Gasteiger partial charge in [0.1, 0.15) is 35.4 Å². The molecule has 0 fully saturated rings. The average molecular weight is 459 g/mol. The standard InChI is InChI=1S/C22H10N4S4/c1-11-3-15(29-21(11)13(7-23)8-24)17-5-19-20(27-17)6-18(28-19)16-4-12(2)22(30-16)14(9-25)10-26/h3-6H,1-2H3/b17-15-,18-16+. The highest BCUT2D eigenvalue weighted by Gasteiger charge is 2.06. The van der Waals surface area contributed by atoms with Crippen LogP contribution in [0.25, 0.3) is 20.5 Å². The van der Waals surface area contributed by atoms with Gasteiger partial charge in [-0.15, -0.1) is 45.3 Å². The SMILES string of the molecule is Cc1c/c(=c2\cc3s/c(=c4\cc(C)c(=C(C#N)C#N)s4)cc3s2)sc1=C(C#N)C#N. The Kier molecular flexibility index (Phi) is 5.27. The Hall–Kier alpha value is -3.24. The molecule has 142 valence electrons. The number of rotatable bonds is 0. The van der Waals surface area contributed by atoms with E-state index in [1.807, 2.05) is 50.3 Å². The van der Waals surface area contributed by atoms with Crippen molar-refractivity contribution in [3.05, 3.63) is 62.6 Å². The maximum atomic E-state index is 9.16. The van der Waals surface area contributed by atoms with Crippen LogP contribution in [0.2, 0.25) is 0 Å². The summed E-state index contributed by atoms with van der Waals surface area (Å²) in [6, 6.07) is 16.2. The first-order valence-corrected chi connectivity index (χ1v) is 11.9. The molecule has 0 saturated carbocycles. The van der Waals surface area contributed by atoms with Gasteiger partial charge in [-0.25, -0.2) is 0 Å². The maximum Gasteiger partial charge on any atom is 0.147 e. The van der Waals surface area contributed by atoms with E-state index in [9.17, 15) is 0 Å². The van der Waals surface area contributed by atoms with Crippen LogP contribution in [0.1, 0.15) is 11.1 Å². The van der Waals surface area contributed by atoms with Gasteiger partial charge in [-0.1, -0.05) is 0 Å². The molecule has 0 bridgehead atoms. The van der Waals surface area contributed by atoms with Gasteiger partial charge in [0.15, 0.2) is 0 Å². The van der Waals surface area contributed by atoms with Crippen molar-refractivity contribution in [1.29, 1.82) is 21.0 Å². The summed E-state index contributed by atoms with van der Waals surface area (Å²) in [5.41, 5.74) is 2.18. The second-order valence-electron chi connectivity index (χ2n) is 6.39. The van der Waals surface area contributed by atoms with Crippen LogP contribution < -0.4 is 9.06 Å². The van der Waals surface area contributed by atoms with Crippen LogP contribution in [0.5, 0.6) is 0 Å². The van der Waals surface area contributed by atoms with Gasteiger partial charge in [-0.2, -0.15) is 21.0 Å². The Balaban J connectivity index is 2.00. The van der Waals surface area contributed by atoms with E-state index in [1.54, 1.807) is 22.7 Å². The number of nitriles is 4. The van der Waals surface area contributed by atoms with Crippen LogP contribution in [0.3, 0.4) is 0 Å². The molecule has 0 unspecified atom stereocenters. The van der Waals surface area contributed by atoms with Crippen molar-refractivity contribution in [3.8, 4) is 24.3 Å². The number of hydrogen-bond acceptors (Lipinski definition) is 8. The van der Waals surface area contributed by atoms with Crippen LogP contribution in [-0.2, 0) is 0 Å². The highest BCUT2D eigenvalue weighted by atomic mass is 32.1. The summed E-state index contributed by atoms with van der Waals surface area (Å²) in [7, 11) is 0. The van der Waals surface area contributed by atoms with Gasteiger partial charge in [0.25, 0.3) is 0 Å². The third-order valence-electron chi connectivity index (χ3n) is 4.43. The van der Waals surface area contributed by atoms with Gasteiger partial charge in [0.2, 0.25) is 0 Å². The molecule has 0 amide bonds. The van der Waals surface area contributed by atoms with E-state index in [1.165, 1.54) is 32.1 Å². The summed E-state index contributed by atoms with van der Waals surface area (Å²) >= 11 is 6.31. The first kappa shape index (κ1) is 20.0. The summed E-state index contributed by atoms with van der Waals surface area (Å²) in [4.78, 5) is 0. The molecule has 0 N–H and O–H groups in total. The highest BCUT2D eigenvalue weighted by molar-refractivity contribution is 7.26. The molecule has 0 spiro atoms. The topological polar surface area (TPSA) is 95.2 Å². The van der Waals surface area contributed by atoms with Gasteiger partial charge in [0, 0.05) is 27.5 Å². The molecule has 0 aliphatic carbocycles. The fourth-order valence-electron chi connectivity index (χ4n) is 3.04. The van der Waals surface area contributed by atoms with E-state index in [0.29, 0.717) is 0 Å². The normalized spacial score (nSPS) is 12.6. The molecule has 4 rings (SSSR count). The first-order valence-electron chi connectivity index (χ1n) is 8.59. The second-order valence-corrected chi connectivity index (χ2v) is 10.7. The summed E-state index contributed by atoms with van der Waals surface area (Å²) in [5.74, 6) is 0. The van der Waals surface area contributed by atoms with E-state index >= 15 is 0 Å². The van der Waals surface area contributed by atoms with Crippen molar-refractivity contribution in [2.45, 2.75) is 13.8 Å². The average Bonchev–Trinajstić information content (AvgIpc) is 3.47. The lowest BCUT2D eigenvalue weighted by Gasteiger charge is -1.80. The Morgan fingerprint density at radius 3 is 1.23 bits per heavy atom. The Morgan fingerprint density at radius 2 is 0.900 bits per heavy atom. The molecule has 0 aliphatic rings. The molecule has 4 heterocycles. The Labute approximate surface area is 187 Å². The quantitative estimate of drug-likeness (QED) is 0.382. The fraction of sp³-hybridized carbons (Fsp3) is 0.0909. The molecule has 0 aliphatic heterocycles. The maximum absolute atomic E-state index is 9.16. The zero-order valence-corrected chi connectivity index (χ0v) is 19.0. The molecule has 8 heteroatoms. The van der Waals surface area contributed by atoms with Crippen molar-refractivity contribution in [3.63, 3.8) is 0 Å². The lowest BCUT2D eigenvalue weighted by atomic mass is 10.2. The van der Waals surface area contributed by atoms with E-state index in [4.69, 9.17) is 21.0 Å². The monoisotopic (exact) mass is 458 g/mol.